The molecule has 0 unspecified atom stereocenters. The first-order chi connectivity index (χ1) is 11.0. The number of alkyl halides is 2. The van der Waals surface area contributed by atoms with Gasteiger partial charge in [0.1, 0.15) is 11.5 Å². The summed E-state index contributed by atoms with van der Waals surface area (Å²) in [5.74, 6) is -1.42. The highest BCUT2D eigenvalue weighted by Gasteiger charge is 2.10. The van der Waals surface area contributed by atoms with Crippen LogP contribution in [0, 0.1) is 0 Å². The average molecular weight is 322 g/mol. The van der Waals surface area contributed by atoms with Crippen LogP contribution in [0.15, 0.2) is 48.5 Å². The van der Waals surface area contributed by atoms with Crippen molar-refractivity contribution in [3.63, 3.8) is 0 Å². The maximum Gasteiger partial charge on any atom is 0.387 e. The highest BCUT2D eigenvalue weighted by atomic mass is 19.3. The first-order valence-electron chi connectivity index (χ1n) is 6.40. The van der Waals surface area contributed by atoms with E-state index in [1.165, 1.54) is 48.5 Å². The minimum Gasteiger partial charge on any atom is -0.508 e. The van der Waals surface area contributed by atoms with Crippen LogP contribution < -0.4 is 15.6 Å². The second-order valence-electron chi connectivity index (χ2n) is 4.36. The summed E-state index contributed by atoms with van der Waals surface area (Å²) in [7, 11) is 0. The number of ether oxygens (including phenoxy) is 1. The quantitative estimate of drug-likeness (QED) is 0.752. The van der Waals surface area contributed by atoms with Gasteiger partial charge in [-0.15, -0.1) is 0 Å². The third kappa shape index (κ3) is 4.67. The van der Waals surface area contributed by atoms with Crippen LogP contribution in [-0.4, -0.2) is 23.5 Å². The average Bonchev–Trinajstić information content (AvgIpc) is 2.52. The number of aromatic hydroxyl groups is 1. The maximum atomic E-state index is 12.0. The number of benzene rings is 2. The molecule has 0 saturated carbocycles. The van der Waals surface area contributed by atoms with Crippen molar-refractivity contribution in [2.75, 3.05) is 0 Å². The lowest BCUT2D eigenvalue weighted by atomic mass is 10.2. The van der Waals surface area contributed by atoms with Gasteiger partial charge in [-0.3, -0.25) is 20.4 Å². The van der Waals surface area contributed by atoms with E-state index in [0.29, 0.717) is 0 Å². The molecule has 0 fully saturated rings. The molecule has 6 nitrogen and oxygen atoms in total. The number of halogens is 2. The number of hydrogen-bond acceptors (Lipinski definition) is 4. The number of amides is 2. The first kappa shape index (κ1) is 16.2. The van der Waals surface area contributed by atoms with Gasteiger partial charge in [0.2, 0.25) is 0 Å². The second-order valence-corrected chi connectivity index (χ2v) is 4.36. The summed E-state index contributed by atoms with van der Waals surface area (Å²) in [6.45, 7) is -2.95. The Balaban J connectivity index is 1.93. The molecule has 8 heteroatoms. The molecule has 0 heterocycles. The molecule has 2 aromatic carbocycles. The van der Waals surface area contributed by atoms with Gasteiger partial charge in [0, 0.05) is 11.1 Å². The SMILES string of the molecule is O=C(NNC(=O)c1cccc(O)c1)c1ccc(OC(F)F)cc1. The van der Waals surface area contributed by atoms with Crippen LogP contribution in [0.5, 0.6) is 11.5 Å². The van der Waals surface area contributed by atoms with Gasteiger partial charge in [0.05, 0.1) is 0 Å². The van der Waals surface area contributed by atoms with E-state index in [9.17, 15) is 23.5 Å². The maximum absolute atomic E-state index is 12.0. The van der Waals surface area contributed by atoms with E-state index in [-0.39, 0.29) is 22.6 Å². The van der Waals surface area contributed by atoms with Crippen molar-refractivity contribution in [1.82, 2.24) is 10.9 Å². The Bertz CT molecular complexity index is 705. The Kier molecular flexibility index (Phi) is 5.08. The van der Waals surface area contributed by atoms with Crippen molar-refractivity contribution >= 4 is 11.8 Å². The number of hydrogen-bond donors (Lipinski definition) is 3. The fraction of sp³-hybridized carbons (Fsp3) is 0.0667. The smallest absolute Gasteiger partial charge is 0.387 e. The molecular formula is C15H12F2N2O4. The van der Waals surface area contributed by atoms with Gasteiger partial charge in [-0.05, 0) is 42.5 Å². The van der Waals surface area contributed by atoms with Gasteiger partial charge in [-0.25, -0.2) is 0 Å². The van der Waals surface area contributed by atoms with Gasteiger partial charge in [-0.2, -0.15) is 8.78 Å². The number of nitrogens with one attached hydrogen (secondary N) is 2. The summed E-state index contributed by atoms with van der Waals surface area (Å²) in [5, 5.41) is 9.27. The lowest BCUT2D eigenvalue weighted by Crippen LogP contribution is -2.41. The van der Waals surface area contributed by atoms with E-state index in [1.54, 1.807) is 0 Å². The number of rotatable bonds is 4. The molecule has 0 aliphatic rings. The second kappa shape index (κ2) is 7.21. The minimum absolute atomic E-state index is 0.0830. The van der Waals surface area contributed by atoms with Gasteiger partial charge >= 0.3 is 6.61 Å². The number of phenols is 1. The van der Waals surface area contributed by atoms with Crippen LogP contribution in [-0.2, 0) is 0 Å². The number of phenolic OH excluding ortho intramolecular Hbond substituents is 1. The minimum atomic E-state index is -2.95. The van der Waals surface area contributed by atoms with Crippen molar-refractivity contribution < 1.29 is 28.2 Å². The lowest BCUT2D eigenvalue weighted by Gasteiger charge is -2.08. The Labute approximate surface area is 129 Å². The summed E-state index contributed by atoms with van der Waals surface area (Å²) in [5.41, 5.74) is 4.64. The van der Waals surface area contributed by atoms with E-state index < -0.39 is 18.4 Å². The lowest BCUT2D eigenvalue weighted by molar-refractivity contribution is -0.0498. The standard InChI is InChI=1S/C15H12F2N2O4/c16-15(17)23-12-6-4-9(5-7-12)13(21)18-19-14(22)10-2-1-3-11(20)8-10/h1-8,15,20H,(H,18,21)(H,19,22). The van der Waals surface area contributed by atoms with Crippen LogP contribution >= 0.6 is 0 Å². The van der Waals surface area contributed by atoms with Crippen LogP contribution in [0.2, 0.25) is 0 Å². The van der Waals surface area contributed by atoms with E-state index >= 15 is 0 Å². The summed E-state index contributed by atoms with van der Waals surface area (Å²) in [6.07, 6.45) is 0. The molecule has 2 amide bonds. The highest BCUT2D eigenvalue weighted by molar-refractivity contribution is 5.99. The van der Waals surface area contributed by atoms with Crippen LogP contribution in [0.4, 0.5) is 8.78 Å². The third-order valence-electron chi connectivity index (χ3n) is 2.74. The van der Waals surface area contributed by atoms with E-state index in [1.807, 2.05) is 0 Å². The summed E-state index contributed by atoms with van der Waals surface area (Å²) in [4.78, 5) is 23.6. The number of carbonyl (C=O) groups is 2. The zero-order chi connectivity index (χ0) is 16.8. The normalized spacial score (nSPS) is 10.2. The Morgan fingerprint density at radius 2 is 1.57 bits per heavy atom. The number of hydrazine groups is 1. The fourth-order valence-electron chi connectivity index (χ4n) is 1.69. The van der Waals surface area contributed by atoms with Gasteiger partial charge in [-0.1, -0.05) is 6.07 Å². The summed E-state index contributed by atoms with van der Waals surface area (Å²) >= 11 is 0. The molecule has 0 aromatic heterocycles. The molecule has 0 spiro atoms. The molecule has 0 aliphatic heterocycles. The van der Waals surface area contributed by atoms with Crippen LogP contribution in [0.3, 0.4) is 0 Å². The zero-order valence-corrected chi connectivity index (χ0v) is 11.6. The molecule has 2 rings (SSSR count). The molecule has 0 atom stereocenters. The van der Waals surface area contributed by atoms with E-state index in [4.69, 9.17) is 0 Å². The van der Waals surface area contributed by atoms with Gasteiger partial charge in [0.25, 0.3) is 11.8 Å². The van der Waals surface area contributed by atoms with E-state index in [2.05, 4.69) is 15.6 Å². The predicted octanol–water partition coefficient (Wildman–Crippen LogP) is 2.07. The van der Waals surface area contributed by atoms with E-state index in [0.717, 1.165) is 0 Å². The molecule has 3 N–H and O–H groups in total. The Morgan fingerprint density at radius 3 is 2.13 bits per heavy atom. The Hall–Kier alpha value is -3.16. The molecular weight excluding hydrogens is 310 g/mol. The van der Waals surface area contributed by atoms with Crippen LogP contribution in [0.25, 0.3) is 0 Å². The van der Waals surface area contributed by atoms with Crippen molar-refractivity contribution in [3.05, 3.63) is 59.7 Å². The van der Waals surface area contributed by atoms with Gasteiger partial charge in [0.15, 0.2) is 0 Å². The molecule has 0 saturated heterocycles. The summed E-state index contributed by atoms with van der Waals surface area (Å²) < 4.78 is 28.2. The predicted molar refractivity (Wildman–Crippen MR) is 76.1 cm³/mol. The molecule has 120 valence electrons. The van der Waals surface area contributed by atoms with Crippen molar-refractivity contribution in [2.45, 2.75) is 6.61 Å². The van der Waals surface area contributed by atoms with Crippen molar-refractivity contribution in [1.29, 1.82) is 0 Å². The van der Waals surface area contributed by atoms with Crippen molar-refractivity contribution in [3.8, 4) is 11.5 Å². The topological polar surface area (TPSA) is 87.7 Å². The molecule has 0 aliphatic carbocycles. The Morgan fingerprint density at radius 1 is 0.957 bits per heavy atom. The monoisotopic (exact) mass is 322 g/mol. The highest BCUT2D eigenvalue weighted by Crippen LogP contribution is 2.15. The van der Waals surface area contributed by atoms with Crippen molar-refractivity contribution in [2.24, 2.45) is 0 Å². The van der Waals surface area contributed by atoms with Gasteiger partial charge < -0.3 is 9.84 Å². The first-order valence-corrected chi connectivity index (χ1v) is 6.40. The fourth-order valence-corrected chi connectivity index (χ4v) is 1.69. The molecule has 23 heavy (non-hydrogen) atoms. The number of carbonyl (C=O) groups excluding carboxylic acids is 2. The van der Waals surface area contributed by atoms with Crippen LogP contribution in [0.1, 0.15) is 20.7 Å². The molecule has 0 bridgehead atoms. The molecule has 2 aromatic rings. The largest absolute Gasteiger partial charge is 0.508 e. The third-order valence-corrected chi connectivity index (χ3v) is 2.74. The summed E-state index contributed by atoms with van der Waals surface area (Å²) in [6, 6.07) is 10.5. The zero-order valence-electron chi connectivity index (χ0n) is 11.6. The molecule has 0 radical (unpaired) electrons.